The van der Waals surface area contributed by atoms with Gasteiger partial charge in [0.05, 0.1) is 5.92 Å². The van der Waals surface area contributed by atoms with Gasteiger partial charge in [-0.3, -0.25) is 4.79 Å². The number of hydrogen-bond donors (Lipinski definition) is 2. The molecule has 0 aliphatic carbocycles. The number of carboxylic acid groups (broad SMARTS) is 1. The number of rotatable bonds is 6. The normalized spacial score (nSPS) is 17.8. The zero-order valence-corrected chi connectivity index (χ0v) is 8.79. The molecule has 0 heterocycles. The number of nitrogens with two attached hydrogens (primary N) is 1. The lowest BCUT2D eigenvalue weighted by Gasteiger charge is -2.19. The fourth-order valence-electron chi connectivity index (χ4n) is 1.46. The summed E-state index contributed by atoms with van der Waals surface area (Å²) in [5, 5.41) is 8.72. The summed E-state index contributed by atoms with van der Waals surface area (Å²) in [5.41, 5.74) is 5.77. The summed E-state index contributed by atoms with van der Waals surface area (Å²) < 4.78 is 0. The summed E-state index contributed by atoms with van der Waals surface area (Å²) in [6, 6.07) is -0.209. The molecule has 3 atom stereocenters. The second-order valence-corrected chi connectivity index (χ2v) is 3.92. The van der Waals surface area contributed by atoms with E-state index in [1.54, 1.807) is 6.92 Å². The summed E-state index contributed by atoms with van der Waals surface area (Å²) in [6.07, 6.45) is 3.07. The van der Waals surface area contributed by atoms with Gasteiger partial charge >= 0.3 is 5.97 Å². The quantitative estimate of drug-likeness (QED) is 0.667. The number of hydrogen-bond acceptors (Lipinski definition) is 2. The highest BCUT2D eigenvalue weighted by Gasteiger charge is 2.21. The van der Waals surface area contributed by atoms with Crippen LogP contribution in [0.3, 0.4) is 0 Å². The smallest absolute Gasteiger partial charge is 0.307 e. The monoisotopic (exact) mass is 187 g/mol. The Morgan fingerprint density at radius 3 is 2.38 bits per heavy atom. The lowest BCUT2D eigenvalue weighted by Crippen LogP contribution is -2.34. The number of carbonyl (C=O) groups is 1. The molecular formula is C10H21NO2. The summed E-state index contributed by atoms with van der Waals surface area (Å²) in [6.45, 7) is 5.92. The standard InChI is InChI=1S/C10H21NO2/c1-4-5-7(2)6-9(11)8(3)10(12)13/h7-9H,4-6,11H2,1-3H3,(H,12,13). The summed E-state index contributed by atoms with van der Waals surface area (Å²) in [7, 11) is 0. The van der Waals surface area contributed by atoms with Crippen LogP contribution in [0, 0.1) is 11.8 Å². The van der Waals surface area contributed by atoms with Gasteiger partial charge in [0.15, 0.2) is 0 Å². The fourth-order valence-corrected chi connectivity index (χ4v) is 1.46. The van der Waals surface area contributed by atoms with Crippen LogP contribution in [0.1, 0.15) is 40.0 Å². The van der Waals surface area contributed by atoms with E-state index in [1.807, 2.05) is 0 Å². The van der Waals surface area contributed by atoms with Crippen LogP contribution in [0.25, 0.3) is 0 Å². The molecule has 3 heteroatoms. The topological polar surface area (TPSA) is 63.3 Å². The van der Waals surface area contributed by atoms with Crippen molar-refractivity contribution in [3.05, 3.63) is 0 Å². The third kappa shape index (κ3) is 4.88. The molecule has 0 aromatic rings. The summed E-state index contributed by atoms with van der Waals surface area (Å²) in [4.78, 5) is 10.6. The van der Waals surface area contributed by atoms with Gasteiger partial charge in [-0.1, -0.05) is 33.6 Å². The van der Waals surface area contributed by atoms with Crippen LogP contribution >= 0.6 is 0 Å². The van der Waals surface area contributed by atoms with Crippen LogP contribution in [-0.4, -0.2) is 17.1 Å². The third-order valence-electron chi connectivity index (χ3n) is 2.49. The van der Waals surface area contributed by atoms with Crippen LogP contribution in [0.5, 0.6) is 0 Å². The predicted octanol–water partition coefficient (Wildman–Crippen LogP) is 1.86. The predicted molar refractivity (Wildman–Crippen MR) is 53.5 cm³/mol. The van der Waals surface area contributed by atoms with Crippen molar-refractivity contribution in [2.45, 2.75) is 46.1 Å². The van der Waals surface area contributed by atoms with Gasteiger partial charge in [-0.15, -0.1) is 0 Å². The first-order chi connectivity index (χ1) is 5.99. The fraction of sp³-hybridized carbons (Fsp3) is 0.900. The molecule has 0 aromatic heterocycles. The van der Waals surface area contributed by atoms with Gasteiger partial charge in [0.2, 0.25) is 0 Å². The Bertz CT molecular complexity index is 159. The molecular weight excluding hydrogens is 166 g/mol. The van der Waals surface area contributed by atoms with Gasteiger partial charge in [-0.2, -0.15) is 0 Å². The molecule has 0 radical (unpaired) electrons. The van der Waals surface area contributed by atoms with Crippen molar-refractivity contribution >= 4 is 5.97 Å². The molecule has 3 nitrogen and oxygen atoms in total. The van der Waals surface area contributed by atoms with Gasteiger partial charge in [0.25, 0.3) is 0 Å². The van der Waals surface area contributed by atoms with Crippen LogP contribution < -0.4 is 5.73 Å². The van der Waals surface area contributed by atoms with E-state index in [1.165, 1.54) is 0 Å². The minimum Gasteiger partial charge on any atom is -0.481 e. The first-order valence-electron chi connectivity index (χ1n) is 4.97. The van der Waals surface area contributed by atoms with Crippen molar-refractivity contribution in [1.82, 2.24) is 0 Å². The first kappa shape index (κ1) is 12.4. The van der Waals surface area contributed by atoms with E-state index in [4.69, 9.17) is 10.8 Å². The first-order valence-corrected chi connectivity index (χ1v) is 4.97. The number of carboxylic acids is 1. The lowest BCUT2D eigenvalue weighted by atomic mass is 9.91. The largest absolute Gasteiger partial charge is 0.481 e. The molecule has 78 valence electrons. The second-order valence-electron chi connectivity index (χ2n) is 3.92. The molecule has 0 aliphatic heterocycles. The molecule has 0 aliphatic rings. The van der Waals surface area contributed by atoms with E-state index in [0.29, 0.717) is 5.92 Å². The molecule has 3 unspecified atom stereocenters. The zero-order valence-electron chi connectivity index (χ0n) is 8.79. The zero-order chi connectivity index (χ0) is 10.4. The highest BCUT2D eigenvalue weighted by Crippen LogP contribution is 2.15. The van der Waals surface area contributed by atoms with Gasteiger partial charge in [0, 0.05) is 6.04 Å². The molecule has 0 amide bonds. The minimum atomic E-state index is -0.795. The van der Waals surface area contributed by atoms with Crippen molar-refractivity contribution in [3.63, 3.8) is 0 Å². The Morgan fingerprint density at radius 2 is 2.00 bits per heavy atom. The van der Waals surface area contributed by atoms with Gasteiger partial charge in [0.1, 0.15) is 0 Å². The Hall–Kier alpha value is -0.570. The Kier molecular flexibility index (Phi) is 5.71. The molecule has 0 bridgehead atoms. The number of aliphatic carboxylic acids is 1. The van der Waals surface area contributed by atoms with Crippen molar-refractivity contribution in [3.8, 4) is 0 Å². The summed E-state index contributed by atoms with van der Waals surface area (Å²) in [5.74, 6) is -0.697. The highest BCUT2D eigenvalue weighted by molar-refractivity contribution is 5.70. The average Bonchev–Trinajstić information content (AvgIpc) is 2.03. The molecule has 0 saturated carbocycles. The Balaban J connectivity index is 3.84. The maximum atomic E-state index is 10.6. The lowest BCUT2D eigenvalue weighted by molar-refractivity contribution is -0.141. The van der Waals surface area contributed by atoms with Crippen LogP contribution in [0.15, 0.2) is 0 Å². The van der Waals surface area contributed by atoms with E-state index in [-0.39, 0.29) is 6.04 Å². The van der Waals surface area contributed by atoms with E-state index in [0.717, 1.165) is 19.3 Å². The van der Waals surface area contributed by atoms with Gasteiger partial charge in [-0.05, 0) is 12.3 Å². The molecule has 13 heavy (non-hydrogen) atoms. The third-order valence-corrected chi connectivity index (χ3v) is 2.49. The van der Waals surface area contributed by atoms with Crippen LogP contribution in [-0.2, 0) is 4.79 Å². The Morgan fingerprint density at radius 1 is 1.46 bits per heavy atom. The van der Waals surface area contributed by atoms with Crippen molar-refractivity contribution < 1.29 is 9.90 Å². The molecule has 3 N–H and O–H groups in total. The average molecular weight is 187 g/mol. The highest BCUT2D eigenvalue weighted by atomic mass is 16.4. The van der Waals surface area contributed by atoms with Crippen molar-refractivity contribution in [2.24, 2.45) is 17.6 Å². The SMILES string of the molecule is CCCC(C)CC(N)C(C)C(=O)O. The molecule has 0 fully saturated rings. The molecule has 0 aromatic carbocycles. The Labute approximate surface area is 80.3 Å². The second kappa shape index (κ2) is 5.97. The molecule has 0 spiro atoms. The van der Waals surface area contributed by atoms with Gasteiger partial charge in [-0.25, -0.2) is 0 Å². The van der Waals surface area contributed by atoms with E-state index in [9.17, 15) is 4.79 Å². The van der Waals surface area contributed by atoms with Crippen molar-refractivity contribution in [1.29, 1.82) is 0 Å². The van der Waals surface area contributed by atoms with Crippen LogP contribution in [0.2, 0.25) is 0 Å². The van der Waals surface area contributed by atoms with E-state index >= 15 is 0 Å². The van der Waals surface area contributed by atoms with Gasteiger partial charge < -0.3 is 10.8 Å². The molecule has 0 saturated heterocycles. The van der Waals surface area contributed by atoms with Crippen LogP contribution in [0.4, 0.5) is 0 Å². The maximum Gasteiger partial charge on any atom is 0.307 e. The van der Waals surface area contributed by atoms with E-state index in [2.05, 4.69) is 13.8 Å². The maximum absolute atomic E-state index is 10.6. The molecule has 0 rings (SSSR count). The summed E-state index contributed by atoms with van der Waals surface area (Å²) >= 11 is 0. The van der Waals surface area contributed by atoms with E-state index < -0.39 is 11.9 Å². The van der Waals surface area contributed by atoms with Crippen molar-refractivity contribution in [2.75, 3.05) is 0 Å². The minimum absolute atomic E-state index is 0.209.